The molecule has 5 rings (SSSR count). The molecule has 0 saturated carbocycles. The van der Waals surface area contributed by atoms with Crippen LogP contribution in [0.5, 0.6) is 0 Å². The number of benzene rings is 3. The zero-order valence-corrected chi connectivity index (χ0v) is 15.9. The lowest BCUT2D eigenvalue weighted by Crippen LogP contribution is -1.80. The molecule has 0 radical (unpaired) electrons. The van der Waals surface area contributed by atoms with Crippen LogP contribution < -0.4 is 0 Å². The molecule has 0 nitrogen and oxygen atoms in total. The molecule has 0 amide bonds. The van der Waals surface area contributed by atoms with Gasteiger partial charge in [0.1, 0.15) is 0 Å². The molecule has 0 saturated heterocycles. The Morgan fingerprint density at radius 1 is 0.760 bits per heavy atom. The van der Waals surface area contributed by atoms with Gasteiger partial charge in [-0.15, -0.1) is 22.7 Å². The van der Waals surface area contributed by atoms with Crippen molar-refractivity contribution in [1.29, 1.82) is 0 Å². The van der Waals surface area contributed by atoms with E-state index in [1.54, 1.807) is 0 Å². The highest BCUT2D eigenvalue weighted by molar-refractivity contribution is 7.37. The zero-order valence-electron chi connectivity index (χ0n) is 14.3. The summed E-state index contributed by atoms with van der Waals surface area (Å²) in [6, 6.07) is 17.9. The molecule has 2 aromatic heterocycles. The van der Waals surface area contributed by atoms with Crippen LogP contribution >= 0.6 is 22.7 Å². The van der Waals surface area contributed by atoms with Crippen LogP contribution in [0.4, 0.5) is 0 Å². The number of hydrogen-bond acceptors (Lipinski definition) is 2. The van der Waals surface area contributed by atoms with Crippen molar-refractivity contribution in [1.82, 2.24) is 0 Å². The Labute approximate surface area is 155 Å². The minimum atomic E-state index is 1.07. The predicted octanol–water partition coefficient (Wildman–Crippen LogP) is 8.15. The SMILES string of the molecule is CC/C=C\c1c(C)ccc2c1sc1c3ccc4ccccc4c3sc21. The molecule has 0 aliphatic carbocycles. The van der Waals surface area contributed by atoms with Crippen LogP contribution in [0.15, 0.2) is 54.6 Å². The molecule has 0 spiro atoms. The Hall–Kier alpha value is -2.16. The highest BCUT2D eigenvalue weighted by Gasteiger charge is 2.15. The summed E-state index contributed by atoms with van der Waals surface area (Å²) in [7, 11) is 0. The van der Waals surface area contributed by atoms with Crippen LogP contribution in [-0.4, -0.2) is 0 Å². The molecule has 0 bridgehead atoms. The first-order chi connectivity index (χ1) is 12.3. The normalized spacial score (nSPS) is 12.4. The molecule has 5 aromatic rings. The highest BCUT2D eigenvalue weighted by Crippen LogP contribution is 2.47. The van der Waals surface area contributed by atoms with Crippen LogP contribution in [0.3, 0.4) is 0 Å². The molecule has 0 N–H and O–H groups in total. The van der Waals surface area contributed by atoms with E-state index in [2.05, 4.69) is 74.5 Å². The maximum atomic E-state index is 2.31. The van der Waals surface area contributed by atoms with Crippen LogP contribution in [0.2, 0.25) is 0 Å². The van der Waals surface area contributed by atoms with Crippen molar-refractivity contribution >= 4 is 69.1 Å². The second kappa shape index (κ2) is 5.69. The zero-order chi connectivity index (χ0) is 17.0. The van der Waals surface area contributed by atoms with E-state index >= 15 is 0 Å². The van der Waals surface area contributed by atoms with E-state index in [4.69, 9.17) is 0 Å². The molecule has 2 heteroatoms. The topological polar surface area (TPSA) is 0 Å². The fourth-order valence-electron chi connectivity index (χ4n) is 3.61. The lowest BCUT2D eigenvalue weighted by molar-refractivity contribution is 1.23. The molecule has 0 fully saturated rings. The van der Waals surface area contributed by atoms with Crippen molar-refractivity contribution in [3.63, 3.8) is 0 Å². The fraction of sp³-hybridized carbons (Fsp3) is 0.130. The number of allylic oxidation sites excluding steroid dienone is 1. The highest BCUT2D eigenvalue weighted by atomic mass is 32.1. The van der Waals surface area contributed by atoms with E-state index in [1.165, 1.54) is 51.5 Å². The summed E-state index contributed by atoms with van der Waals surface area (Å²) >= 11 is 3.91. The minimum absolute atomic E-state index is 1.07. The molecule has 2 heterocycles. The summed E-state index contributed by atoms with van der Waals surface area (Å²) < 4.78 is 5.74. The molecule has 0 unspecified atom stereocenters. The Bertz CT molecular complexity index is 1280. The Morgan fingerprint density at radius 3 is 2.32 bits per heavy atom. The second-order valence-electron chi connectivity index (χ2n) is 6.51. The summed E-state index contributed by atoms with van der Waals surface area (Å²) in [4.78, 5) is 0. The summed E-state index contributed by atoms with van der Waals surface area (Å²) in [5.41, 5.74) is 2.75. The molecule has 0 atom stereocenters. The Kier molecular flexibility index (Phi) is 3.44. The van der Waals surface area contributed by atoms with Gasteiger partial charge in [0.15, 0.2) is 0 Å². The van der Waals surface area contributed by atoms with Crippen molar-refractivity contribution < 1.29 is 0 Å². The van der Waals surface area contributed by atoms with E-state index in [0.717, 1.165) is 6.42 Å². The van der Waals surface area contributed by atoms with E-state index in [0.29, 0.717) is 0 Å². The number of fused-ring (bicyclic) bond motifs is 7. The van der Waals surface area contributed by atoms with Gasteiger partial charge in [0.25, 0.3) is 0 Å². The Balaban J connectivity index is 1.92. The fourth-order valence-corrected chi connectivity index (χ4v) is 6.56. The Morgan fingerprint density at radius 2 is 1.48 bits per heavy atom. The molecular formula is C23H18S2. The van der Waals surface area contributed by atoms with Gasteiger partial charge in [-0.2, -0.15) is 0 Å². The maximum Gasteiger partial charge on any atom is 0.0542 e. The summed E-state index contributed by atoms with van der Waals surface area (Å²) in [5.74, 6) is 0. The van der Waals surface area contributed by atoms with Crippen molar-refractivity contribution in [2.24, 2.45) is 0 Å². The molecule has 0 aliphatic heterocycles. The number of aryl methyl sites for hydroxylation is 1. The van der Waals surface area contributed by atoms with Crippen LogP contribution in [0.1, 0.15) is 24.5 Å². The lowest BCUT2D eigenvalue weighted by atomic mass is 10.1. The monoisotopic (exact) mass is 358 g/mol. The van der Waals surface area contributed by atoms with Gasteiger partial charge in [-0.05, 0) is 35.2 Å². The van der Waals surface area contributed by atoms with Gasteiger partial charge in [-0.1, -0.05) is 67.6 Å². The first-order valence-electron chi connectivity index (χ1n) is 8.70. The molecule has 122 valence electrons. The van der Waals surface area contributed by atoms with Gasteiger partial charge in [-0.3, -0.25) is 0 Å². The van der Waals surface area contributed by atoms with E-state index in [-0.39, 0.29) is 0 Å². The van der Waals surface area contributed by atoms with Crippen LogP contribution in [0, 0.1) is 6.92 Å². The van der Waals surface area contributed by atoms with Gasteiger partial charge in [-0.25, -0.2) is 0 Å². The van der Waals surface area contributed by atoms with Crippen molar-refractivity contribution in [3.8, 4) is 0 Å². The van der Waals surface area contributed by atoms with Crippen molar-refractivity contribution in [2.75, 3.05) is 0 Å². The van der Waals surface area contributed by atoms with Crippen molar-refractivity contribution in [2.45, 2.75) is 20.3 Å². The predicted molar refractivity (Wildman–Crippen MR) is 116 cm³/mol. The van der Waals surface area contributed by atoms with Gasteiger partial charge < -0.3 is 0 Å². The molecular weight excluding hydrogens is 340 g/mol. The molecule has 3 aromatic carbocycles. The van der Waals surface area contributed by atoms with E-state index in [1.807, 2.05) is 22.7 Å². The third-order valence-corrected chi connectivity index (χ3v) is 7.59. The van der Waals surface area contributed by atoms with Gasteiger partial charge in [0.2, 0.25) is 0 Å². The average Bonchev–Trinajstić information content (AvgIpc) is 3.17. The third-order valence-electron chi connectivity index (χ3n) is 4.92. The van der Waals surface area contributed by atoms with Crippen LogP contribution in [-0.2, 0) is 0 Å². The summed E-state index contributed by atoms with van der Waals surface area (Å²) in [6.45, 7) is 4.41. The smallest absolute Gasteiger partial charge is 0.0542 e. The first kappa shape index (κ1) is 15.1. The molecule has 0 aliphatic rings. The maximum absolute atomic E-state index is 2.31. The van der Waals surface area contributed by atoms with Gasteiger partial charge >= 0.3 is 0 Å². The van der Waals surface area contributed by atoms with Crippen molar-refractivity contribution in [3.05, 3.63) is 65.7 Å². The second-order valence-corrected chi connectivity index (χ2v) is 8.55. The summed E-state index contributed by atoms with van der Waals surface area (Å²) in [6.07, 6.45) is 5.64. The standard InChI is InChI=1S/C23H18S2/c1-3-4-8-16-14(2)10-12-18-20(16)24-23-19-13-11-15-7-5-6-9-17(15)21(19)25-22(18)23/h4-13H,3H2,1-2H3/b8-4-. The van der Waals surface area contributed by atoms with Gasteiger partial charge in [0, 0.05) is 20.2 Å². The van der Waals surface area contributed by atoms with Crippen LogP contribution in [0.25, 0.3) is 46.4 Å². The number of rotatable bonds is 2. The van der Waals surface area contributed by atoms with E-state index in [9.17, 15) is 0 Å². The first-order valence-corrected chi connectivity index (χ1v) is 10.3. The number of thiophene rings is 2. The molecule has 25 heavy (non-hydrogen) atoms. The lowest BCUT2D eigenvalue weighted by Gasteiger charge is -2.02. The number of hydrogen-bond donors (Lipinski definition) is 0. The van der Waals surface area contributed by atoms with Gasteiger partial charge in [0.05, 0.1) is 9.40 Å². The van der Waals surface area contributed by atoms with E-state index < -0.39 is 0 Å². The largest absolute Gasteiger partial charge is 0.133 e. The quantitative estimate of drug-likeness (QED) is 0.298. The summed E-state index contributed by atoms with van der Waals surface area (Å²) in [5, 5.41) is 5.52. The minimum Gasteiger partial charge on any atom is -0.133 e. The average molecular weight is 359 g/mol. The third kappa shape index (κ3) is 2.18.